The van der Waals surface area contributed by atoms with E-state index in [1.807, 2.05) is 0 Å². The first kappa shape index (κ1) is 19.6. The molecule has 0 aliphatic heterocycles. The Morgan fingerprint density at radius 2 is 1.92 bits per heavy atom. The van der Waals surface area contributed by atoms with Crippen molar-refractivity contribution >= 4 is 11.9 Å². The lowest BCUT2D eigenvalue weighted by Gasteiger charge is -2.11. The van der Waals surface area contributed by atoms with E-state index >= 15 is 0 Å². The molecule has 6 nitrogen and oxygen atoms in total. The van der Waals surface area contributed by atoms with Gasteiger partial charge in [-0.25, -0.2) is 19.2 Å². The van der Waals surface area contributed by atoms with Crippen LogP contribution in [0.5, 0.6) is 5.75 Å². The SMILES string of the molecule is CCOC(=O)c1c(C)nc(NCCCc2cccc(OC)c2F)nc1C. The summed E-state index contributed by atoms with van der Waals surface area (Å²) >= 11 is 0. The van der Waals surface area contributed by atoms with Gasteiger partial charge in [0.15, 0.2) is 11.6 Å². The van der Waals surface area contributed by atoms with E-state index in [9.17, 15) is 9.18 Å². The number of hydrogen-bond donors (Lipinski definition) is 1. The van der Waals surface area contributed by atoms with Crippen molar-refractivity contribution in [1.29, 1.82) is 0 Å². The maximum Gasteiger partial charge on any atom is 0.341 e. The molecule has 140 valence electrons. The van der Waals surface area contributed by atoms with Crippen LogP contribution in [-0.2, 0) is 11.2 Å². The van der Waals surface area contributed by atoms with Crippen LogP contribution in [0.2, 0.25) is 0 Å². The van der Waals surface area contributed by atoms with Gasteiger partial charge in [-0.1, -0.05) is 12.1 Å². The number of aromatic nitrogens is 2. The third-order valence-corrected chi connectivity index (χ3v) is 3.92. The van der Waals surface area contributed by atoms with Gasteiger partial charge in [-0.2, -0.15) is 0 Å². The van der Waals surface area contributed by atoms with Gasteiger partial charge in [-0.05, 0) is 45.2 Å². The second-order valence-corrected chi connectivity index (χ2v) is 5.78. The summed E-state index contributed by atoms with van der Waals surface area (Å²) in [6.45, 7) is 6.13. The second-order valence-electron chi connectivity index (χ2n) is 5.78. The fourth-order valence-corrected chi connectivity index (χ4v) is 2.68. The predicted molar refractivity (Wildman–Crippen MR) is 97.2 cm³/mol. The van der Waals surface area contributed by atoms with E-state index in [1.54, 1.807) is 39.0 Å². The minimum atomic E-state index is -0.414. The lowest BCUT2D eigenvalue weighted by atomic mass is 10.1. The van der Waals surface area contributed by atoms with Crippen molar-refractivity contribution in [2.24, 2.45) is 0 Å². The van der Waals surface area contributed by atoms with Crippen LogP contribution in [0.15, 0.2) is 18.2 Å². The zero-order valence-corrected chi connectivity index (χ0v) is 15.6. The van der Waals surface area contributed by atoms with Crippen molar-refractivity contribution in [3.63, 3.8) is 0 Å². The van der Waals surface area contributed by atoms with E-state index in [4.69, 9.17) is 9.47 Å². The summed E-state index contributed by atoms with van der Waals surface area (Å²) in [4.78, 5) is 20.6. The molecule has 1 aromatic heterocycles. The average Bonchev–Trinajstić information content (AvgIpc) is 2.59. The van der Waals surface area contributed by atoms with E-state index in [2.05, 4.69) is 15.3 Å². The molecule has 1 aromatic carbocycles. The van der Waals surface area contributed by atoms with Crippen LogP contribution < -0.4 is 10.1 Å². The fraction of sp³-hybridized carbons (Fsp3) is 0.421. The number of hydrogen-bond acceptors (Lipinski definition) is 6. The molecule has 0 bridgehead atoms. The van der Waals surface area contributed by atoms with Crippen LogP contribution in [0.3, 0.4) is 0 Å². The Morgan fingerprint density at radius 3 is 2.54 bits per heavy atom. The highest BCUT2D eigenvalue weighted by Gasteiger charge is 2.17. The molecule has 7 heteroatoms. The van der Waals surface area contributed by atoms with Crippen LogP contribution >= 0.6 is 0 Å². The number of benzene rings is 1. The molecule has 0 radical (unpaired) electrons. The van der Waals surface area contributed by atoms with E-state index in [0.717, 1.165) is 0 Å². The van der Waals surface area contributed by atoms with E-state index in [-0.39, 0.29) is 11.6 Å². The summed E-state index contributed by atoms with van der Waals surface area (Å²) in [6.07, 6.45) is 1.26. The smallest absolute Gasteiger partial charge is 0.341 e. The number of rotatable bonds is 8. The molecular weight excluding hydrogens is 337 g/mol. The molecular formula is C19H24FN3O3. The third-order valence-electron chi connectivity index (χ3n) is 3.92. The van der Waals surface area contributed by atoms with Crippen molar-refractivity contribution in [3.05, 3.63) is 46.5 Å². The average molecular weight is 361 g/mol. The Morgan fingerprint density at radius 1 is 1.23 bits per heavy atom. The van der Waals surface area contributed by atoms with Gasteiger partial charge < -0.3 is 14.8 Å². The molecule has 1 N–H and O–H groups in total. The van der Waals surface area contributed by atoms with Crippen molar-refractivity contribution in [3.8, 4) is 5.75 Å². The van der Waals surface area contributed by atoms with Crippen molar-refractivity contribution in [1.82, 2.24) is 9.97 Å². The Balaban J connectivity index is 1.95. The van der Waals surface area contributed by atoms with E-state index in [0.29, 0.717) is 54.5 Å². The van der Waals surface area contributed by atoms with Crippen molar-refractivity contribution < 1.29 is 18.7 Å². The summed E-state index contributed by atoms with van der Waals surface area (Å²) in [5.74, 6) is -0.0435. The maximum atomic E-state index is 14.1. The molecule has 0 amide bonds. The number of aryl methyl sites for hydroxylation is 3. The zero-order valence-electron chi connectivity index (χ0n) is 15.6. The normalized spacial score (nSPS) is 10.5. The topological polar surface area (TPSA) is 73.3 Å². The molecule has 2 rings (SSSR count). The van der Waals surface area contributed by atoms with Gasteiger partial charge in [0.2, 0.25) is 5.95 Å². The molecule has 0 saturated heterocycles. The highest BCUT2D eigenvalue weighted by molar-refractivity contribution is 5.91. The Labute approximate surface area is 152 Å². The minimum Gasteiger partial charge on any atom is -0.494 e. The largest absolute Gasteiger partial charge is 0.494 e. The van der Waals surface area contributed by atoms with Crippen LogP contribution in [0.25, 0.3) is 0 Å². The number of methoxy groups -OCH3 is 1. The molecule has 0 saturated carbocycles. The molecule has 0 atom stereocenters. The third kappa shape index (κ3) is 4.68. The summed E-state index contributed by atoms with van der Waals surface area (Å²) in [5.41, 5.74) is 2.14. The molecule has 0 aliphatic rings. The number of halogens is 1. The second kappa shape index (κ2) is 9.12. The van der Waals surface area contributed by atoms with Crippen LogP contribution in [0.4, 0.5) is 10.3 Å². The number of esters is 1. The molecule has 2 aromatic rings. The molecule has 26 heavy (non-hydrogen) atoms. The maximum absolute atomic E-state index is 14.1. The summed E-state index contributed by atoms with van der Waals surface area (Å²) < 4.78 is 24.1. The highest BCUT2D eigenvalue weighted by Crippen LogP contribution is 2.21. The van der Waals surface area contributed by atoms with Gasteiger partial charge in [-0.15, -0.1) is 0 Å². The molecule has 1 heterocycles. The molecule has 0 unspecified atom stereocenters. The minimum absolute atomic E-state index is 0.250. The molecule has 0 aliphatic carbocycles. The first-order valence-electron chi connectivity index (χ1n) is 8.55. The van der Waals surface area contributed by atoms with E-state index in [1.165, 1.54) is 7.11 Å². The number of nitrogens with zero attached hydrogens (tertiary/aromatic N) is 2. The van der Waals surface area contributed by atoms with Gasteiger partial charge in [-0.3, -0.25) is 0 Å². The summed E-state index contributed by atoms with van der Waals surface area (Å²) in [5, 5.41) is 3.11. The van der Waals surface area contributed by atoms with Gasteiger partial charge in [0, 0.05) is 6.54 Å². The molecule has 0 spiro atoms. The number of anilines is 1. The first-order valence-corrected chi connectivity index (χ1v) is 8.55. The standard InChI is InChI=1S/C19H24FN3O3/c1-5-26-18(24)16-12(2)22-19(23-13(16)3)21-11-7-9-14-8-6-10-15(25-4)17(14)20/h6,8,10H,5,7,9,11H2,1-4H3,(H,21,22,23). The zero-order chi connectivity index (χ0) is 19.1. The summed E-state index contributed by atoms with van der Waals surface area (Å²) in [7, 11) is 1.45. The lowest BCUT2D eigenvalue weighted by molar-refractivity contribution is 0.0523. The monoisotopic (exact) mass is 361 g/mol. The van der Waals surface area contributed by atoms with Gasteiger partial charge >= 0.3 is 5.97 Å². The van der Waals surface area contributed by atoms with Crippen molar-refractivity contribution in [2.45, 2.75) is 33.6 Å². The van der Waals surface area contributed by atoms with Crippen LogP contribution in [-0.4, -0.2) is 36.2 Å². The van der Waals surface area contributed by atoms with Crippen LogP contribution in [0.1, 0.15) is 40.7 Å². The Kier molecular flexibility index (Phi) is 6.89. The number of carbonyl (C=O) groups excluding carboxylic acids is 1. The first-order chi connectivity index (χ1) is 12.5. The number of carbonyl (C=O) groups is 1. The number of ether oxygens (including phenoxy) is 2. The van der Waals surface area contributed by atoms with Gasteiger partial charge in [0.25, 0.3) is 0 Å². The predicted octanol–water partition coefficient (Wildman–Crippen LogP) is 3.46. The van der Waals surface area contributed by atoms with E-state index < -0.39 is 5.97 Å². The fourth-order valence-electron chi connectivity index (χ4n) is 2.68. The van der Waals surface area contributed by atoms with Crippen molar-refractivity contribution in [2.75, 3.05) is 25.6 Å². The highest BCUT2D eigenvalue weighted by atomic mass is 19.1. The lowest BCUT2D eigenvalue weighted by Crippen LogP contribution is -2.15. The molecule has 0 fully saturated rings. The quantitative estimate of drug-likeness (QED) is 0.573. The van der Waals surface area contributed by atoms with Crippen LogP contribution in [0, 0.1) is 19.7 Å². The number of nitrogens with one attached hydrogen (secondary N) is 1. The Hall–Kier alpha value is -2.70. The van der Waals surface area contributed by atoms with Gasteiger partial charge in [0.1, 0.15) is 5.56 Å². The van der Waals surface area contributed by atoms with Gasteiger partial charge in [0.05, 0.1) is 25.1 Å². The Bertz CT molecular complexity index is 758. The summed E-state index contributed by atoms with van der Waals surface area (Å²) in [6, 6.07) is 5.12.